The van der Waals surface area contributed by atoms with Gasteiger partial charge in [0.2, 0.25) is 0 Å². The smallest absolute Gasteiger partial charge is 0.419 e. The van der Waals surface area contributed by atoms with E-state index in [4.69, 9.17) is 9.15 Å². The lowest BCUT2D eigenvalue weighted by atomic mass is 9.69. The number of rotatable bonds is 8. The summed E-state index contributed by atoms with van der Waals surface area (Å²) in [4.78, 5) is 36.1. The molecule has 0 spiro atoms. The number of hydrogen-bond donors (Lipinski definition) is 1. The van der Waals surface area contributed by atoms with E-state index in [0.29, 0.717) is 22.4 Å². The van der Waals surface area contributed by atoms with Gasteiger partial charge in [-0.15, -0.1) is 0 Å². The monoisotopic (exact) mass is 416 g/mol. The standard InChI is InChI=1S/C23H32N2O5/c1-4-23(2,3)16-9-11-17(12-10-16)24-20(26)15-29-21(27)13-14-25-18-7-5-6-8-19(18)30-22(25)28/h5-8,16-17H,4,9-15H2,1-3H3,(H,24,26). The molecule has 0 atom stereocenters. The van der Waals surface area contributed by atoms with Gasteiger partial charge in [0.15, 0.2) is 12.2 Å². The molecule has 0 aliphatic heterocycles. The van der Waals surface area contributed by atoms with E-state index in [-0.39, 0.29) is 31.5 Å². The van der Waals surface area contributed by atoms with E-state index in [1.165, 1.54) is 4.57 Å². The molecule has 1 heterocycles. The van der Waals surface area contributed by atoms with Crippen LogP contribution in [0.3, 0.4) is 0 Å². The molecule has 1 saturated carbocycles. The van der Waals surface area contributed by atoms with Crippen molar-refractivity contribution in [1.29, 1.82) is 0 Å². The maximum Gasteiger partial charge on any atom is 0.419 e. The van der Waals surface area contributed by atoms with Crippen molar-refractivity contribution in [3.05, 3.63) is 34.8 Å². The van der Waals surface area contributed by atoms with Gasteiger partial charge in [0.25, 0.3) is 5.91 Å². The number of ether oxygens (including phenoxy) is 1. The maximum atomic E-state index is 12.2. The molecule has 30 heavy (non-hydrogen) atoms. The van der Waals surface area contributed by atoms with Gasteiger partial charge in [-0.2, -0.15) is 0 Å². The van der Waals surface area contributed by atoms with E-state index >= 15 is 0 Å². The summed E-state index contributed by atoms with van der Waals surface area (Å²) in [7, 11) is 0. The number of carbonyl (C=O) groups excluding carboxylic acids is 2. The van der Waals surface area contributed by atoms with Gasteiger partial charge >= 0.3 is 11.7 Å². The summed E-state index contributed by atoms with van der Waals surface area (Å²) in [6.45, 7) is 6.72. The summed E-state index contributed by atoms with van der Waals surface area (Å²) >= 11 is 0. The highest BCUT2D eigenvalue weighted by atomic mass is 16.5. The first-order chi connectivity index (χ1) is 14.3. The second-order valence-electron chi connectivity index (χ2n) is 8.86. The minimum Gasteiger partial charge on any atom is -0.456 e. The van der Waals surface area contributed by atoms with Gasteiger partial charge in [0.05, 0.1) is 11.9 Å². The van der Waals surface area contributed by atoms with Crippen LogP contribution in [0.2, 0.25) is 0 Å². The van der Waals surface area contributed by atoms with Gasteiger partial charge in [-0.05, 0) is 49.1 Å². The summed E-state index contributed by atoms with van der Waals surface area (Å²) in [5, 5.41) is 2.98. The topological polar surface area (TPSA) is 90.5 Å². The first-order valence-corrected chi connectivity index (χ1v) is 10.8. The van der Waals surface area contributed by atoms with Crippen molar-refractivity contribution in [3.63, 3.8) is 0 Å². The van der Waals surface area contributed by atoms with Crippen LogP contribution < -0.4 is 11.1 Å². The summed E-state index contributed by atoms with van der Waals surface area (Å²) < 4.78 is 11.6. The lowest BCUT2D eigenvalue weighted by Crippen LogP contribution is -2.41. The zero-order valence-electron chi connectivity index (χ0n) is 18.1. The number of para-hydroxylation sites is 2. The summed E-state index contributed by atoms with van der Waals surface area (Å²) in [5.74, 6) is -0.609. The first-order valence-electron chi connectivity index (χ1n) is 10.8. The molecule has 0 saturated heterocycles. The normalized spacial score (nSPS) is 19.6. The van der Waals surface area contributed by atoms with Crippen LogP contribution in [0, 0.1) is 11.3 Å². The minimum absolute atomic E-state index is 0.00603. The van der Waals surface area contributed by atoms with Crippen molar-refractivity contribution in [2.24, 2.45) is 11.3 Å². The molecule has 164 valence electrons. The van der Waals surface area contributed by atoms with E-state index < -0.39 is 11.7 Å². The molecule has 7 nitrogen and oxygen atoms in total. The predicted molar refractivity (Wildman–Crippen MR) is 114 cm³/mol. The average Bonchev–Trinajstić information content (AvgIpc) is 3.06. The summed E-state index contributed by atoms with van der Waals surface area (Å²) in [6.07, 6.45) is 5.30. The quantitative estimate of drug-likeness (QED) is 0.664. The van der Waals surface area contributed by atoms with Gasteiger partial charge in [-0.25, -0.2) is 4.79 Å². The van der Waals surface area contributed by atoms with E-state index in [1.54, 1.807) is 24.3 Å². The molecular formula is C23H32N2O5. The Morgan fingerprint density at radius 1 is 1.20 bits per heavy atom. The van der Waals surface area contributed by atoms with E-state index in [1.807, 2.05) is 0 Å². The number of nitrogens with zero attached hydrogens (tertiary/aromatic N) is 1. The molecule has 1 aliphatic rings. The Labute approximate surface area is 176 Å². The molecule has 1 N–H and O–H groups in total. The Morgan fingerprint density at radius 3 is 2.60 bits per heavy atom. The molecule has 1 aromatic heterocycles. The second-order valence-corrected chi connectivity index (χ2v) is 8.86. The van der Waals surface area contributed by atoms with E-state index in [0.717, 1.165) is 32.1 Å². The van der Waals surface area contributed by atoms with Crippen LogP contribution in [0.5, 0.6) is 0 Å². The number of carbonyl (C=O) groups is 2. The number of nitrogens with one attached hydrogen (secondary N) is 1. The zero-order valence-corrected chi connectivity index (χ0v) is 18.1. The summed E-state index contributed by atoms with van der Waals surface area (Å²) in [6, 6.07) is 7.19. The molecule has 1 aliphatic carbocycles. The van der Waals surface area contributed by atoms with Gasteiger partial charge in [-0.1, -0.05) is 39.3 Å². The SMILES string of the molecule is CCC(C)(C)C1CCC(NC(=O)COC(=O)CCn2c(=O)oc3ccccc32)CC1. The molecule has 2 aromatic rings. The fourth-order valence-electron chi connectivity index (χ4n) is 4.22. The van der Waals surface area contributed by atoms with Crippen LogP contribution in [0.1, 0.15) is 59.3 Å². The highest BCUT2D eigenvalue weighted by Crippen LogP contribution is 2.40. The largest absolute Gasteiger partial charge is 0.456 e. The highest BCUT2D eigenvalue weighted by Gasteiger charge is 2.32. The minimum atomic E-state index is -0.518. The van der Waals surface area contributed by atoms with Crippen LogP contribution in [0.15, 0.2) is 33.5 Å². The number of aryl methyl sites for hydroxylation is 1. The lowest BCUT2D eigenvalue weighted by Gasteiger charge is -2.39. The fourth-order valence-corrected chi connectivity index (χ4v) is 4.22. The van der Waals surface area contributed by atoms with Gasteiger partial charge in [0, 0.05) is 12.6 Å². The number of oxazole rings is 1. The van der Waals surface area contributed by atoms with Crippen molar-refractivity contribution in [3.8, 4) is 0 Å². The van der Waals surface area contributed by atoms with Crippen LogP contribution in [0.4, 0.5) is 0 Å². The zero-order chi connectivity index (χ0) is 21.7. The Balaban J connectivity index is 1.39. The van der Waals surface area contributed by atoms with Crippen molar-refractivity contribution in [2.75, 3.05) is 6.61 Å². The van der Waals surface area contributed by atoms with Crippen LogP contribution in [0.25, 0.3) is 11.1 Å². The number of amides is 1. The van der Waals surface area contributed by atoms with Crippen LogP contribution in [-0.2, 0) is 20.9 Å². The van der Waals surface area contributed by atoms with Crippen molar-refractivity contribution in [2.45, 2.75) is 71.9 Å². The van der Waals surface area contributed by atoms with Gasteiger partial charge < -0.3 is 14.5 Å². The lowest BCUT2D eigenvalue weighted by molar-refractivity contribution is -0.149. The van der Waals surface area contributed by atoms with Crippen molar-refractivity contribution < 1.29 is 18.7 Å². The third kappa shape index (κ3) is 5.32. The Hall–Kier alpha value is -2.57. The number of esters is 1. The van der Waals surface area contributed by atoms with Crippen LogP contribution in [-0.4, -0.2) is 29.1 Å². The number of hydrogen-bond acceptors (Lipinski definition) is 5. The first kappa shape index (κ1) is 22.1. The number of fused-ring (bicyclic) bond motifs is 1. The molecule has 0 radical (unpaired) electrons. The van der Waals surface area contributed by atoms with Crippen molar-refractivity contribution >= 4 is 23.0 Å². The van der Waals surface area contributed by atoms with Gasteiger partial charge in [0.1, 0.15) is 0 Å². The van der Waals surface area contributed by atoms with Gasteiger partial charge in [-0.3, -0.25) is 14.2 Å². The Kier molecular flexibility index (Phi) is 7.00. The van der Waals surface area contributed by atoms with Crippen molar-refractivity contribution in [1.82, 2.24) is 9.88 Å². The third-order valence-electron chi connectivity index (χ3n) is 6.59. The molecule has 7 heteroatoms. The van der Waals surface area contributed by atoms with Crippen LogP contribution >= 0.6 is 0 Å². The number of benzene rings is 1. The Bertz CT molecular complexity index is 934. The average molecular weight is 417 g/mol. The molecule has 1 amide bonds. The Morgan fingerprint density at radius 2 is 1.90 bits per heavy atom. The van der Waals surface area contributed by atoms with E-state index in [2.05, 4.69) is 26.1 Å². The summed E-state index contributed by atoms with van der Waals surface area (Å²) in [5.41, 5.74) is 1.45. The fraction of sp³-hybridized carbons (Fsp3) is 0.609. The van der Waals surface area contributed by atoms with E-state index in [9.17, 15) is 14.4 Å². The highest BCUT2D eigenvalue weighted by molar-refractivity contribution is 5.80. The third-order valence-corrected chi connectivity index (χ3v) is 6.59. The molecule has 0 unspecified atom stereocenters. The molecule has 1 aromatic carbocycles. The molecular weight excluding hydrogens is 384 g/mol. The molecule has 3 rings (SSSR count). The predicted octanol–water partition coefficient (Wildman–Crippen LogP) is 3.64. The maximum absolute atomic E-state index is 12.2. The second kappa shape index (κ2) is 9.49. The number of aromatic nitrogens is 1. The molecule has 0 bridgehead atoms. The molecule has 1 fully saturated rings.